The molecule has 0 aromatic rings. The van der Waals surface area contributed by atoms with Crippen LogP contribution in [0.15, 0.2) is 11.6 Å². The second-order valence-corrected chi connectivity index (χ2v) is 8.19. The molecule has 4 rings (SSSR count). The predicted octanol–water partition coefficient (Wildman–Crippen LogP) is 2.92. The van der Waals surface area contributed by atoms with Gasteiger partial charge in [-0.05, 0) is 25.7 Å². The fraction of sp³-hybridized carbons (Fsp3) is 0.889. The molecular weight excluding hydrogens is 264 g/mol. The van der Waals surface area contributed by atoms with Crippen molar-refractivity contribution in [2.45, 2.75) is 71.4 Å². The van der Waals surface area contributed by atoms with Gasteiger partial charge in [-0.1, -0.05) is 39.3 Å². The zero-order valence-electron chi connectivity index (χ0n) is 13.8. The Labute approximate surface area is 127 Å². The summed E-state index contributed by atoms with van der Waals surface area (Å²) in [6.45, 7) is 11.9. The van der Waals surface area contributed by atoms with Crippen molar-refractivity contribution in [2.24, 2.45) is 22.7 Å². The van der Waals surface area contributed by atoms with E-state index in [2.05, 4.69) is 40.7 Å². The lowest BCUT2D eigenvalue weighted by Crippen LogP contribution is -2.65. The lowest BCUT2D eigenvalue weighted by Gasteiger charge is -2.59. The molecule has 4 aliphatic rings. The fourth-order valence-electron chi connectivity index (χ4n) is 6.09. The van der Waals surface area contributed by atoms with Crippen LogP contribution in [0.25, 0.3) is 0 Å². The molecule has 118 valence electrons. The molecule has 2 bridgehead atoms. The number of rotatable bonds is 1. The quantitative estimate of drug-likeness (QED) is 0.597. The van der Waals surface area contributed by atoms with Gasteiger partial charge in [-0.3, -0.25) is 0 Å². The van der Waals surface area contributed by atoms with Gasteiger partial charge < -0.3 is 14.6 Å². The van der Waals surface area contributed by atoms with Crippen LogP contribution in [0.1, 0.15) is 47.5 Å². The Bertz CT molecular complexity index is 509. The van der Waals surface area contributed by atoms with Gasteiger partial charge in [0.15, 0.2) is 0 Å². The highest BCUT2D eigenvalue weighted by Gasteiger charge is 2.83. The standard InChI is InChI=1S/C18H28O3/c1-6-17-8-11(3)10(2)7-13(17)21-15-12(4)14(19)16(17,5)18(15)9-20-18/h7,11-15,19H,6,8-9H2,1-5H3. The van der Waals surface area contributed by atoms with Crippen molar-refractivity contribution in [3.8, 4) is 0 Å². The smallest absolute Gasteiger partial charge is 0.126 e. The summed E-state index contributed by atoms with van der Waals surface area (Å²) in [5.74, 6) is 0.701. The lowest BCUT2D eigenvalue weighted by molar-refractivity contribution is -0.217. The first-order valence-corrected chi connectivity index (χ1v) is 8.50. The summed E-state index contributed by atoms with van der Waals surface area (Å²) in [5, 5.41) is 11.1. The number of aliphatic hydroxyl groups is 1. The van der Waals surface area contributed by atoms with Crippen molar-refractivity contribution >= 4 is 0 Å². The van der Waals surface area contributed by atoms with E-state index < -0.39 is 0 Å². The highest BCUT2D eigenvalue weighted by molar-refractivity contribution is 5.34. The molecule has 8 atom stereocenters. The molecule has 2 heterocycles. The Hall–Kier alpha value is -0.380. The van der Waals surface area contributed by atoms with E-state index in [0.29, 0.717) is 5.92 Å². The molecule has 1 N–H and O–H groups in total. The second-order valence-electron chi connectivity index (χ2n) is 8.19. The summed E-state index contributed by atoms with van der Waals surface area (Å²) in [6.07, 6.45) is 4.29. The molecule has 2 aliphatic carbocycles. The minimum absolute atomic E-state index is 0.0108. The number of hydrogen-bond acceptors (Lipinski definition) is 3. The maximum absolute atomic E-state index is 11.1. The monoisotopic (exact) mass is 292 g/mol. The third kappa shape index (κ3) is 1.29. The highest BCUT2D eigenvalue weighted by Crippen LogP contribution is 2.73. The van der Waals surface area contributed by atoms with Crippen LogP contribution in [0, 0.1) is 22.7 Å². The number of epoxide rings is 1. The van der Waals surface area contributed by atoms with Gasteiger partial charge in [0.2, 0.25) is 0 Å². The average molecular weight is 292 g/mol. The van der Waals surface area contributed by atoms with Crippen molar-refractivity contribution in [1.82, 2.24) is 0 Å². The zero-order valence-corrected chi connectivity index (χ0v) is 13.8. The van der Waals surface area contributed by atoms with Crippen molar-refractivity contribution in [2.75, 3.05) is 6.61 Å². The van der Waals surface area contributed by atoms with Crippen molar-refractivity contribution in [3.05, 3.63) is 11.6 Å². The normalized spacial score (nSPS) is 61.6. The Morgan fingerprint density at radius 2 is 2.05 bits per heavy atom. The molecule has 0 radical (unpaired) electrons. The molecule has 3 nitrogen and oxygen atoms in total. The molecule has 1 spiro atoms. The largest absolute Gasteiger partial charge is 0.392 e. The lowest BCUT2D eigenvalue weighted by atomic mass is 9.49. The molecule has 0 amide bonds. The molecule has 2 aliphatic heterocycles. The first-order valence-electron chi connectivity index (χ1n) is 8.50. The van der Waals surface area contributed by atoms with Crippen LogP contribution >= 0.6 is 0 Å². The van der Waals surface area contributed by atoms with E-state index in [1.807, 2.05) is 0 Å². The second kappa shape index (κ2) is 3.93. The topological polar surface area (TPSA) is 42.0 Å². The number of aliphatic hydroxyl groups excluding tert-OH is 1. The SMILES string of the molecule is CCC12CC(C)C(C)=CC1OC1C(C)C(O)C2(C)C12CO2. The van der Waals surface area contributed by atoms with Crippen LogP contribution in [0.5, 0.6) is 0 Å². The Kier molecular flexibility index (Phi) is 2.66. The van der Waals surface area contributed by atoms with Crippen LogP contribution in [0.3, 0.4) is 0 Å². The van der Waals surface area contributed by atoms with Crippen LogP contribution < -0.4 is 0 Å². The van der Waals surface area contributed by atoms with Gasteiger partial charge in [0.25, 0.3) is 0 Å². The van der Waals surface area contributed by atoms with E-state index in [-0.39, 0.29) is 40.7 Å². The van der Waals surface area contributed by atoms with Gasteiger partial charge in [0, 0.05) is 16.7 Å². The fourth-order valence-corrected chi connectivity index (χ4v) is 6.09. The summed E-state index contributed by atoms with van der Waals surface area (Å²) in [6, 6.07) is 0. The molecule has 8 unspecified atom stereocenters. The number of ether oxygens (including phenoxy) is 2. The Balaban J connectivity index is 1.92. The van der Waals surface area contributed by atoms with Gasteiger partial charge in [0.1, 0.15) is 5.60 Å². The van der Waals surface area contributed by atoms with E-state index >= 15 is 0 Å². The summed E-state index contributed by atoms with van der Waals surface area (Å²) < 4.78 is 12.6. The Morgan fingerprint density at radius 1 is 1.38 bits per heavy atom. The number of allylic oxidation sites excluding steroid dienone is 1. The summed E-state index contributed by atoms with van der Waals surface area (Å²) >= 11 is 0. The van der Waals surface area contributed by atoms with Gasteiger partial charge in [-0.25, -0.2) is 0 Å². The third-order valence-electron chi connectivity index (χ3n) is 7.73. The number of fused-ring (bicyclic) bond motifs is 2. The Morgan fingerprint density at radius 3 is 2.62 bits per heavy atom. The first kappa shape index (κ1) is 14.2. The number of hydrogen-bond donors (Lipinski definition) is 1. The van der Waals surface area contributed by atoms with Crippen LogP contribution in [0.2, 0.25) is 0 Å². The maximum Gasteiger partial charge on any atom is 0.126 e. The molecular formula is C18H28O3. The van der Waals surface area contributed by atoms with Crippen LogP contribution in [-0.4, -0.2) is 35.6 Å². The first-order chi connectivity index (χ1) is 9.84. The zero-order chi connectivity index (χ0) is 15.2. The van der Waals surface area contributed by atoms with E-state index in [4.69, 9.17) is 9.47 Å². The van der Waals surface area contributed by atoms with Crippen molar-refractivity contribution < 1.29 is 14.6 Å². The average Bonchev–Trinajstić information content (AvgIpc) is 3.24. The van der Waals surface area contributed by atoms with Crippen LogP contribution in [-0.2, 0) is 9.47 Å². The molecule has 21 heavy (non-hydrogen) atoms. The van der Waals surface area contributed by atoms with E-state index in [1.54, 1.807) is 0 Å². The van der Waals surface area contributed by atoms with Gasteiger partial charge in [-0.2, -0.15) is 0 Å². The van der Waals surface area contributed by atoms with Gasteiger partial charge >= 0.3 is 0 Å². The highest BCUT2D eigenvalue weighted by atomic mass is 16.6. The molecule has 2 saturated heterocycles. The van der Waals surface area contributed by atoms with Crippen LogP contribution in [0.4, 0.5) is 0 Å². The maximum atomic E-state index is 11.1. The van der Waals surface area contributed by atoms with Gasteiger partial charge in [0.05, 0.1) is 24.9 Å². The van der Waals surface area contributed by atoms with Gasteiger partial charge in [-0.15, -0.1) is 0 Å². The van der Waals surface area contributed by atoms with E-state index in [1.165, 1.54) is 5.57 Å². The molecule has 3 fully saturated rings. The predicted molar refractivity (Wildman–Crippen MR) is 80.9 cm³/mol. The summed E-state index contributed by atoms with van der Waals surface area (Å²) in [7, 11) is 0. The van der Waals surface area contributed by atoms with E-state index in [9.17, 15) is 5.11 Å². The summed E-state index contributed by atoms with van der Waals surface area (Å²) in [5.41, 5.74) is 0.981. The molecule has 1 saturated carbocycles. The molecule has 0 aromatic carbocycles. The van der Waals surface area contributed by atoms with E-state index in [0.717, 1.165) is 19.4 Å². The molecule has 3 heteroatoms. The minimum atomic E-state index is -0.339. The van der Waals surface area contributed by atoms with Crippen molar-refractivity contribution in [3.63, 3.8) is 0 Å². The van der Waals surface area contributed by atoms with Crippen molar-refractivity contribution in [1.29, 1.82) is 0 Å². The molecule has 0 aromatic heterocycles. The summed E-state index contributed by atoms with van der Waals surface area (Å²) in [4.78, 5) is 0. The third-order valence-corrected chi connectivity index (χ3v) is 7.73. The minimum Gasteiger partial charge on any atom is -0.392 e.